The Labute approximate surface area is 147 Å². The van der Waals surface area contributed by atoms with Gasteiger partial charge in [-0.1, -0.05) is 37.9 Å². The summed E-state index contributed by atoms with van der Waals surface area (Å²) < 4.78 is 2.26. The van der Waals surface area contributed by atoms with Crippen molar-refractivity contribution < 1.29 is 5.11 Å². The lowest BCUT2D eigenvalue weighted by molar-refractivity contribution is 0.156. The molecular weight excluding hydrogens is 320 g/mol. The number of nitrogens with zero attached hydrogens (tertiary/aromatic N) is 2. The van der Waals surface area contributed by atoms with Crippen LogP contribution in [0.5, 0.6) is 0 Å². The molecule has 1 N–H and O–H groups in total. The summed E-state index contributed by atoms with van der Waals surface area (Å²) in [5.74, 6) is 0. The van der Waals surface area contributed by atoms with Crippen LogP contribution in [-0.4, -0.2) is 14.7 Å². The van der Waals surface area contributed by atoms with Gasteiger partial charge in [0.1, 0.15) is 0 Å². The topological polar surface area (TPSA) is 38.0 Å². The van der Waals surface area contributed by atoms with E-state index in [0.29, 0.717) is 6.54 Å². The van der Waals surface area contributed by atoms with Gasteiger partial charge in [0.05, 0.1) is 12.6 Å². The van der Waals surface area contributed by atoms with Gasteiger partial charge in [-0.2, -0.15) is 0 Å². The SMILES string of the molecule is CCCc1c(CC)c2cc(Cl)ccc2n1CC(O)c1cccnc1. The van der Waals surface area contributed by atoms with Crippen LogP contribution in [0.2, 0.25) is 5.02 Å². The van der Waals surface area contributed by atoms with Crippen LogP contribution >= 0.6 is 11.6 Å². The largest absolute Gasteiger partial charge is 0.386 e. The number of pyridine rings is 1. The molecule has 3 nitrogen and oxygen atoms in total. The predicted octanol–water partition coefficient (Wildman–Crippen LogP) is 4.94. The monoisotopic (exact) mass is 342 g/mol. The summed E-state index contributed by atoms with van der Waals surface area (Å²) in [4.78, 5) is 4.11. The van der Waals surface area contributed by atoms with Gasteiger partial charge in [0.25, 0.3) is 0 Å². The number of halogens is 1. The van der Waals surface area contributed by atoms with Crippen LogP contribution in [-0.2, 0) is 19.4 Å². The molecule has 2 heterocycles. The van der Waals surface area contributed by atoms with Crippen LogP contribution in [0.1, 0.15) is 43.2 Å². The van der Waals surface area contributed by atoms with E-state index in [1.807, 2.05) is 24.3 Å². The van der Waals surface area contributed by atoms with Gasteiger partial charge in [0, 0.05) is 39.6 Å². The minimum Gasteiger partial charge on any atom is -0.386 e. The summed E-state index contributed by atoms with van der Waals surface area (Å²) in [5, 5.41) is 12.6. The molecule has 0 spiro atoms. The number of fused-ring (bicyclic) bond motifs is 1. The number of aliphatic hydroxyl groups excluding tert-OH is 1. The van der Waals surface area contributed by atoms with Crippen molar-refractivity contribution in [1.29, 1.82) is 0 Å². The summed E-state index contributed by atoms with van der Waals surface area (Å²) in [6.45, 7) is 4.89. The van der Waals surface area contributed by atoms with Gasteiger partial charge in [-0.05, 0) is 42.7 Å². The fraction of sp³-hybridized carbons (Fsp3) is 0.350. The summed E-state index contributed by atoms with van der Waals surface area (Å²) in [6, 6.07) is 9.80. The molecule has 3 aromatic rings. The highest BCUT2D eigenvalue weighted by Gasteiger charge is 2.18. The molecule has 24 heavy (non-hydrogen) atoms. The van der Waals surface area contributed by atoms with Crippen LogP contribution < -0.4 is 0 Å². The molecule has 0 radical (unpaired) electrons. The van der Waals surface area contributed by atoms with Crippen LogP contribution in [0.25, 0.3) is 10.9 Å². The Kier molecular flexibility index (Phi) is 5.22. The lowest BCUT2D eigenvalue weighted by atomic mass is 10.1. The number of aromatic nitrogens is 2. The normalized spacial score (nSPS) is 12.7. The summed E-state index contributed by atoms with van der Waals surface area (Å²) in [5.41, 5.74) is 4.63. The minimum absolute atomic E-state index is 0.527. The van der Waals surface area contributed by atoms with E-state index in [4.69, 9.17) is 11.6 Å². The Balaban J connectivity index is 2.10. The molecule has 126 valence electrons. The van der Waals surface area contributed by atoms with Crippen molar-refractivity contribution in [3.05, 3.63) is 64.6 Å². The smallest absolute Gasteiger partial charge is 0.0983 e. The van der Waals surface area contributed by atoms with E-state index in [0.717, 1.165) is 35.4 Å². The highest BCUT2D eigenvalue weighted by Crippen LogP contribution is 2.31. The zero-order valence-electron chi connectivity index (χ0n) is 14.2. The molecule has 0 amide bonds. The molecule has 1 atom stereocenters. The van der Waals surface area contributed by atoms with Gasteiger partial charge in [-0.15, -0.1) is 0 Å². The van der Waals surface area contributed by atoms with Crippen molar-refractivity contribution in [3.8, 4) is 0 Å². The zero-order chi connectivity index (χ0) is 17.1. The molecule has 1 unspecified atom stereocenters. The quantitative estimate of drug-likeness (QED) is 0.689. The lowest BCUT2D eigenvalue weighted by Gasteiger charge is -2.16. The third kappa shape index (κ3) is 3.19. The van der Waals surface area contributed by atoms with E-state index in [-0.39, 0.29) is 0 Å². The Morgan fingerprint density at radius 1 is 1.25 bits per heavy atom. The number of benzene rings is 1. The fourth-order valence-corrected chi connectivity index (χ4v) is 3.60. The Hall–Kier alpha value is -1.84. The first-order chi connectivity index (χ1) is 11.7. The third-order valence-corrected chi connectivity index (χ3v) is 4.75. The summed E-state index contributed by atoms with van der Waals surface area (Å²) in [6.07, 6.45) is 5.90. The molecule has 4 heteroatoms. The van der Waals surface area contributed by atoms with Crippen molar-refractivity contribution in [2.45, 2.75) is 45.8 Å². The van der Waals surface area contributed by atoms with Gasteiger partial charge < -0.3 is 9.67 Å². The first-order valence-corrected chi connectivity index (χ1v) is 8.91. The molecular formula is C20H23ClN2O. The number of aliphatic hydroxyl groups is 1. The molecule has 0 saturated carbocycles. The van der Waals surface area contributed by atoms with Gasteiger partial charge >= 0.3 is 0 Å². The maximum absolute atomic E-state index is 10.7. The minimum atomic E-state index is -0.578. The second-order valence-electron chi connectivity index (χ2n) is 6.10. The van der Waals surface area contributed by atoms with E-state index in [2.05, 4.69) is 29.5 Å². The van der Waals surface area contributed by atoms with Crippen LogP contribution in [0.3, 0.4) is 0 Å². The van der Waals surface area contributed by atoms with E-state index in [1.165, 1.54) is 16.6 Å². The van der Waals surface area contributed by atoms with E-state index >= 15 is 0 Å². The first kappa shape index (κ1) is 17.0. The Morgan fingerprint density at radius 2 is 2.08 bits per heavy atom. The highest BCUT2D eigenvalue weighted by atomic mass is 35.5. The number of hydrogen-bond donors (Lipinski definition) is 1. The Morgan fingerprint density at radius 3 is 2.75 bits per heavy atom. The van der Waals surface area contributed by atoms with E-state index < -0.39 is 6.10 Å². The van der Waals surface area contributed by atoms with Gasteiger partial charge in [-0.25, -0.2) is 0 Å². The summed E-state index contributed by atoms with van der Waals surface area (Å²) >= 11 is 6.22. The molecule has 0 aliphatic rings. The summed E-state index contributed by atoms with van der Waals surface area (Å²) in [7, 11) is 0. The molecule has 2 aromatic heterocycles. The molecule has 1 aromatic carbocycles. The average molecular weight is 343 g/mol. The number of aryl methyl sites for hydroxylation is 1. The van der Waals surface area contributed by atoms with Crippen molar-refractivity contribution in [2.75, 3.05) is 0 Å². The van der Waals surface area contributed by atoms with Gasteiger partial charge in [0.2, 0.25) is 0 Å². The third-order valence-electron chi connectivity index (χ3n) is 4.51. The maximum atomic E-state index is 10.7. The zero-order valence-corrected chi connectivity index (χ0v) is 14.9. The van der Waals surface area contributed by atoms with Crippen molar-refractivity contribution in [2.24, 2.45) is 0 Å². The second-order valence-corrected chi connectivity index (χ2v) is 6.54. The fourth-order valence-electron chi connectivity index (χ4n) is 3.43. The first-order valence-electron chi connectivity index (χ1n) is 8.53. The van der Waals surface area contributed by atoms with Crippen molar-refractivity contribution in [1.82, 2.24) is 9.55 Å². The van der Waals surface area contributed by atoms with E-state index in [9.17, 15) is 5.11 Å². The molecule has 0 aliphatic carbocycles. The molecule has 0 aliphatic heterocycles. The van der Waals surface area contributed by atoms with Gasteiger partial charge in [-0.3, -0.25) is 4.98 Å². The maximum Gasteiger partial charge on any atom is 0.0983 e. The van der Waals surface area contributed by atoms with Crippen molar-refractivity contribution in [3.63, 3.8) is 0 Å². The van der Waals surface area contributed by atoms with Crippen molar-refractivity contribution >= 4 is 22.5 Å². The van der Waals surface area contributed by atoms with Crippen LogP contribution in [0.4, 0.5) is 0 Å². The standard InChI is InChI=1S/C20H23ClN2O/c1-3-6-18-16(4-2)17-11-15(21)8-9-19(17)23(18)13-20(24)14-7-5-10-22-12-14/h5,7-12,20,24H,3-4,6,13H2,1-2H3. The van der Waals surface area contributed by atoms with Crippen LogP contribution in [0, 0.1) is 0 Å². The number of hydrogen-bond acceptors (Lipinski definition) is 2. The molecule has 0 saturated heterocycles. The number of rotatable bonds is 6. The average Bonchev–Trinajstić information content (AvgIpc) is 2.88. The second kappa shape index (κ2) is 7.37. The Bertz CT molecular complexity index is 827. The van der Waals surface area contributed by atoms with Gasteiger partial charge in [0.15, 0.2) is 0 Å². The van der Waals surface area contributed by atoms with E-state index in [1.54, 1.807) is 12.4 Å². The predicted molar refractivity (Wildman–Crippen MR) is 99.5 cm³/mol. The lowest BCUT2D eigenvalue weighted by Crippen LogP contribution is -2.12. The molecule has 0 fully saturated rings. The molecule has 0 bridgehead atoms. The molecule has 3 rings (SSSR count). The van der Waals surface area contributed by atoms with Crippen LogP contribution in [0.15, 0.2) is 42.7 Å². The highest BCUT2D eigenvalue weighted by molar-refractivity contribution is 6.31.